The molecule has 1 saturated carbocycles. The number of rotatable bonds is 4. The Hall–Kier alpha value is -2.39. The Bertz CT molecular complexity index is 772. The number of nitrogens with zero attached hydrogens (tertiary/aromatic N) is 2. The van der Waals surface area contributed by atoms with Crippen LogP contribution >= 0.6 is 0 Å². The minimum Gasteiger partial charge on any atom is -0.496 e. The van der Waals surface area contributed by atoms with E-state index in [2.05, 4.69) is 17.8 Å². The summed E-state index contributed by atoms with van der Waals surface area (Å²) in [6.07, 6.45) is 9.40. The predicted octanol–water partition coefficient (Wildman–Crippen LogP) is 4.86. The third kappa shape index (κ3) is 5.80. The van der Waals surface area contributed by atoms with E-state index in [9.17, 15) is 4.39 Å². The molecule has 1 aliphatic rings. The second-order valence-electron chi connectivity index (χ2n) is 6.90. The van der Waals surface area contributed by atoms with E-state index in [1.807, 2.05) is 6.07 Å². The second-order valence-corrected chi connectivity index (χ2v) is 6.90. The number of pyridine rings is 1. The van der Waals surface area contributed by atoms with E-state index < -0.39 is 0 Å². The Morgan fingerprint density at radius 1 is 1.30 bits per heavy atom. The maximum atomic E-state index is 13.6. The third-order valence-electron chi connectivity index (χ3n) is 5.14. The normalized spacial score (nSPS) is 13.9. The topological polar surface area (TPSA) is 71.9 Å². The molecule has 142 valence electrons. The van der Waals surface area contributed by atoms with Crippen LogP contribution in [0.25, 0.3) is 11.1 Å². The van der Waals surface area contributed by atoms with Crippen molar-refractivity contribution in [3.8, 4) is 22.8 Å². The highest BCUT2D eigenvalue weighted by molar-refractivity contribution is 6.67. The lowest BCUT2D eigenvalue weighted by Crippen LogP contribution is -2.17. The van der Waals surface area contributed by atoms with Crippen LogP contribution in [0.1, 0.15) is 37.7 Å². The van der Waals surface area contributed by atoms with Crippen LogP contribution in [-0.4, -0.2) is 18.8 Å². The number of halogens is 1. The van der Waals surface area contributed by atoms with E-state index >= 15 is 0 Å². The van der Waals surface area contributed by atoms with Gasteiger partial charge in [0.2, 0.25) is 0 Å². The molecule has 1 heterocycles. The molecule has 0 amide bonds. The minimum atomic E-state index is -0.347. The number of benzene rings is 1. The van der Waals surface area contributed by atoms with E-state index in [4.69, 9.17) is 15.7 Å². The average molecular weight is 367 g/mol. The number of nitriles is 1. The lowest BCUT2D eigenvalue weighted by atomic mass is 9.41. The van der Waals surface area contributed by atoms with Gasteiger partial charge in [-0.25, -0.2) is 9.65 Å². The second kappa shape index (κ2) is 10.7. The van der Waals surface area contributed by atoms with Crippen molar-refractivity contribution < 1.29 is 9.13 Å². The molecule has 1 aromatic carbocycles. The Balaban J connectivity index is 0.000000223. The molecule has 3 rings (SSSR count). The van der Waals surface area contributed by atoms with Crippen LogP contribution in [0.2, 0.25) is 12.6 Å². The number of ether oxygens (including phenoxy) is 1. The van der Waals surface area contributed by atoms with Gasteiger partial charge < -0.3 is 10.5 Å². The van der Waals surface area contributed by atoms with Gasteiger partial charge in [-0.15, -0.1) is 0 Å². The highest BCUT2D eigenvalue weighted by atomic mass is 19.1. The van der Waals surface area contributed by atoms with E-state index in [0.29, 0.717) is 30.4 Å². The van der Waals surface area contributed by atoms with E-state index in [0.717, 1.165) is 11.1 Å². The van der Waals surface area contributed by atoms with Gasteiger partial charge in [-0.05, 0) is 29.6 Å². The summed E-state index contributed by atoms with van der Waals surface area (Å²) in [4.78, 5) is 3.72. The molecule has 0 saturated heterocycles. The first-order valence-electron chi connectivity index (χ1n) is 9.47. The van der Waals surface area contributed by atoms with Gasteiger partial charge >= 0.3 is 0 Å². The smallest absolute Gasteiger partial charge is 0.267 e. The molecule has 0 spiro atoms. The van der Waals surface area contributed by atoms with Crippen molar-refractivity contribution in [3.05, 3.63) is 48.0 Å². The van der Waals surface area contributed by atoms with Crippen molar-refractivity contribution in [1.29, 1.82) is 5.26 Å². The van der Waals surface area contributed by atoms with Gasteiger partial charge in [-0.3, -0.25) is 4.98 Å². The van der Waals surface area contributed by atoms with Crippen LogP contribution in [0.15, 0.2) is 36.7 Å². The van der Waals surface area contributed by atoms with Crippen LogP contribution in [0.3, 0.4) is 0 Å². The van der Waals surface area contributed by atoms with Crippen LogP contribution in [0.4, 0.5) is 4.39 Å². The molecule has 0 atom stereocenters. The Morgan fingerprint density at radius 2 is 2.04 bits per heavy atom. The van der Waals surface area contributed by atoms with Crippen molar-refractivity contribution in [2.75, 3.05) is 7.11 Å². The van der Waals surface area contributed by atoms with Crippen molar-refractivity contribution in [2.24, 2.45) is 5.73 Å². The number of methoxy groups -OCH3 is 1. The first-order chi connectivity index (χ1) is 13.1. The van der Waals surface area contributed by atoms with Gasteiger partial charge in [-0.2, -0.15) is 0 Å². The molecule has 1 aromatic heterocycles. The Labute approximate surface area is 161 Å². The SMILES string of the molecule is CB(C#N)C1CCCCC1.COc1ccc(-c2ccncc2F)cc1CN. The molecule has 1 aliphatic carbocycles. The van der Waals surface area contributed by atoms with Crippen molar-refractivity contribution >= 4 is 6.71 Å². The molecule has 0 radical (unpaired) electrons. The van der Waals surface area contributed by atoms with Gasteiger partial charge in [0.1, 0.15) is 11.6 Å². The molecule has 1 fully saturated rings. The predicted molar refractivity (Wildman–Crippen MR) is 108 cm³/mol. The molecule has 2 N–H and O–H groups in total. The minimum absolute atomic E-state index is 0.292. The fourth-order valence-corrected chi connectivity index (χ4v) is 3.45. The summed E-state index contributed by atoms with van der Waals surface area (Å²) in [5, 5.41) is 8.64. The monoisotopic (exact) mass is 367 g/mol. The third-order valence-corrected chi connectivity index (χ3v) is 5.14. The van der Waals surface area contributed by atoms with Crippen LogP contribution < -0.4 is 10.5 Å². The Morgan fingerprint density at radius 3 is 2.63 bits per heavy atom. The molecular weight excluding hydrogens is 340 g/mol. The molecule has 6 heteroatoms. The molecule has 0 unspecified atom stereocenters. The quantitative estimate of drug-likeness (QED) is 0.783. The van der Waals surface area contributed by atoms with Gasteiger partial charge in [0.15, 0.2) is 0 Å². The largest absolute Gasteiger partial charge is 0.496 e. The lowest BCUT2D eigenvalue weighted by Gasteiger charge is -2.21. The molecule has 0 bridgehead atoms. The fraction of sp³-hybridized carbons (Fsp3) is 0.429. The molecule has 2 aromatic rings. The summed E-state index contributed by atoms with van der Waals surface area (Å²) < 4.78 is 18.7. The lowest BCUT2D eigenvalue weighted by molar-refractivity contribution is 0.410. The first-order valence-corrected chi connectivity index (χ1v) is 9.47. The standard InChI is InChI=1S/C13H13FN2O.C8H14BN/c1-17-13-3-2-9(6-10(13)7-15)11-4-5-16-8-12(11)14;1-9(7-10)8-5-3-2-4-6-8/h2-6,8H,7,15H2,1H3;8H,2-6H2,1H3. The van der Waals surface area contributed by atoms with E-state index in [1.54, 1.807) is 31.5 Å². The van der Waals surface area contributed by atoms with Crippen LogP contribution in [0.5, 0.6) is 5.75 Å². The van der Waals surface area contributed by atoms with Gasteiger partial charge in [0.05, 0.1) is 13.3 Å². The average Bonchev–Trinajstić information content (AvgIpc) is 2.74. The van der Waals surface area contributed by atoms with Crippen molar-refractivity contribution in [2.45, 2.75) is 51.3 Å². The van der Waals surface area contributed by atoms with Gasteiger partial charge in [-0.1, -0.05) is 45.0 Å². The molecule has 27 heavy (non-hydrogen) atoms. The van der Waals surface area contributed by atoms with Crippen LogP contribution in [0, 0.1) is 17.0 Å². The maximum Gasteiger partial charge on any atom is 0.267 e. The molecular formula is C21H27BFN3O. The van der Waals surface area contributed by atoms with E-state index in [-0.39, 0.29) is 5.82 Å². The summed E-state index contributed by atoms with van der Waals surface area (Å²) in [6, 6.07) is 7.06. The van der Waals surface area contributed by atoms with Crippen LogP contribution in [-0.2, 0) is 6.54 Å². The number of aromatic nitrogens is 1. The first kappa shape index (κ1) is 20.9. The number of hydrogen-bond donors (Lipinski definition) is 1. The maximum absolute atomic E-state index is 13.6. The highest BCUT2D eigenvalue weighted by Gasteiger charge is 2.22. The van der Waals surface area contributed by atoms with Gasteiger partial charge in [0.25, 0.3) is 6.71 Å². The molecule has 0 aliphatic heterocycles. The van der Waals surface area contributed by atoms with Gasteiger partial charge in [0, 0.05) is 29.8 Å². The zero-order valence-electron chi connectivity index (χ0n) is 16.1. The fourth-order valence-electron chi connectivity index (χ4n) is 3.45. The zero-order chi connectivity index (χ0) is 19.6. The summed E-state index contributed by atoms with van der Waals surface area (Å²) >= 11 is 0. The summed E-state index contributed by atoms with van der Waals surface area (Å²) in [5.41, 5.74) is 7.75. The van der Waals surface area contributed by atoms with E-state index in [1.165, 1.54) is 38.3 Å². The zero-order valence-corrected chi connectivity index (χ0v) is 16.1. The van der Waals surface area contributed by atoms with Crippen molar-refractivity contribution in [1.82, 2.24) is 4.98 Å². The highest BCUT2D eigenvalue weighted by Crippen LogP contribution is 2.30. The summed E-state index contributed by atoms with van der Waals surface area (Å²) in [7, 11) is 1.58. The summed E-state index contributed by atoms with van der Waals surface area (Å²) in [5.74, 6) is 3.41. The Kier molecular flexibility index (Phi) is 8.28. The van der Waals surface area contributed by atoms with Crippen molar-refractivity contribution in [3.63, 3.8) is 0 Å². The molecule has 4 nitrogen and oxygen atoms in total. The number of hydrogen-bond acceptors (Lipinski definition) is 4. The summed E-state index contributed by atoms with van der Waals surface area (Å²) in [6.45, 7) is 2.69. The number of nitrogens with two attached hydrogens (primary N) is 1.